The van der Waals surface area contributed by atoms with E-state index in [1.54, 1.807) is 0 Å². The fourth-order valence-electron chi connectivity index (χ4n) is 3.80. The second kappa shape index (κ2) is 10.5. The second-order valence-electron chi connectivity index (χ2n) is 7.87. The largest absolute Gasteiger partial charge is 0.392 e. The molecule has 0 aromatic carbocycles. The molecule has 0 bridgehead atoms. The van der Waals surface area contributed by atoms with Crippen LogP contribution in [0.2, 0.25) is 16.6 Å². The molecule has 0 aromatic rings. The average molecular weight is 325 g/mol. The summed E-state index contributed by atoms with van der Waals surface area (Å²) in [7, 11) is -1.65. The molecule has 0 unspecified atom stereocenters. The lowest BCUT2D eigenvalue weighted by molar-refractivity contribution is 0.128. The monoisotopic (exact) mass is 324 g/mol. The Morgan fingerprint density at radius 2 is 1.32 bits per heavy atom. The third kappa shape index (κ3) is 6.09. The first-order valence-corrected chi connectivity index (χ1v) is 11.6. The van der Waals surface area contributed by atoms with E-state index in [1.165, 1.54) is 19.3 Å². The van der Waals surface area contributed by atoms with Crippen molar-refractivity contribution in [3.05, 3.63) is 0 Å². The maximum absolute atomic E-state index is 10.3. The fourth-order valence-corrected chi connectivity index (χ4v) is 9.14. The van der Waals surface area contributed by atoms with Gasteiger partial charge in [-0.25, -0.2) is 0 Å². The van der Waals surface area contributed by atoms with Crippen LogP contribution in [0.5, 0.6) is 0 Å². The molecule has 2 heteroatoms. The molecule has 0 aliphatic heterocycles. The Balaban J connectivity index is 4.90. The lowest BCUT2D eigenvalue weighted by atomic mass is 10.00. The van der Waals surface area contributed by atoms with E-state index >= 15 is 0 Å². The van der Waals surface area contributed by atoms with Crippen molar-refractivity contribution in [1.82, 2.24) is 0 Å². The summed E-state index contributed by atoms with van der Waals surface area (Å²) in [4.78, 5) is 0. The van der Waals surface area contributed by atoms with E-state index in [2.05, 4.69) is 66.9 Å². The molecule has 0 rings (SSSR count). The van der Waals surface area contributed by atoms with Gasteiger partial charge in [0.15, 0.2) is 0 Å². The molecule has 0 saturated heterocycles. The predicted molar refractivity (Wildman–Crippen MR) is 103 cm³/mol. The summed E-state index contributed by atoms with van der Waals surface area (Å²) in [6, 6.07) is 0. The van der Waals surface area contributed by atoms with Crippen molar-refractivity contribution in [2.75, 3.05) is 0 Å². The third-order valence-electron chi connectivity index (χ3n) is 5.31. The van der Waals surface area contributed by atoms with Crippen LogP contribution in [0.3, 0.4) is 0 Å². The Morgan fingerprint density at radius 1 is 0.818 bits per heavy atom. The van der Waals surface area contributed by atoms with Crippen molar-refractivity contribution >= 4 is 8.07 Å². The highest BCUT2D eigenvalue weighted by Gasteiger charge is 2.41. The first-order valence-electron chi connectivity index (χ1n) is 9.40. The second-order valence-corrected chi connectivity index (χ2v) is 13.5. The highest BCUT2D eigenvalue weighted by atomic mass is 28.3. The fraction of sp³-hybridized carbons (Fsp3) is 0.900. The molecule has 0 aliphatic carbocycles. The predicted octanol–water partition coefficient (Wildman–Crippen LogP) is 6.18. The van der Waals surface area contributed by atoms with Crippen LogP contribution in [0.15, 0.2) is 0 Å². The van der Waals surface area contributed by atoms with E-state index < -0.39 is 8.07 Å². The minimum atomic E-state index is -1.65. The van der Waals surface area contributed by atoms with Gasteiger partial charge in [-0.05, 0) is 30.0 Å². The van der Waals surface area contributed by atoms with Crippen LogP contribution in [-0.2, 0) is 0 Å². The molecule has 0 aromatic heterocycles. The van der Waals surface area contributed by atoms with E-state index in [4.69, 9.17) is 0 Å². The Hall–Kier alpha value is -0.263. The molecule has 0 fully saturated rings. The minimum absolute atomic E-state index is 0.102. The van der Waals surface area contributed by atoms with Crippen LogP contribution < -0.4 is 0 Å². The summed E-state index contributed by atoms with van der Waals surface area (Å²) in [5.74, 6) is 3.57. The smallest absolute Gasteiger partial charge is 0.145 e. The number of aliphatic hydroxyl groups is 1. The minimum Gasteiger partial charge on any atom is -0.392 e. The number of hydrogen-bond donors (Lipinski definition) is 1. The molecule has 0 aliphatic rings. The maximum atomic E-state index is 10.3. The van der Waals surface area contributed by atoms with E-state index in [0.717, 1.165) is 12.8 Å². The molecule has 0 heterocycles. The van der Waals surface area contributed by atoms with Gasteiger partial charge in [-0.1, -0.05) is 74.1 Å². The van der Waals surface area contributed by atoms with Crippen LogP contribution in [0.4, 0.5) is 0 Å². The zero-order chi connectivity index (χ0) is 17.3. The van der Waals surface area contributed by atoms with Crippen molar-refractivity contribution in [2.24, 2.45) is 5.92 Å². The van der Waals surface area contributed by atoms with Crippen molar-refractivity contribution < 1.29 is 5.11 Å². The van der Waals surface area contributed by atoms with E-state index in [9.17, 15) is 5.11 Å². The molecule has 0 radical (unpaired) electrons. The van der Waals surface area contributed by atoms with Crippen LogP contribution in [-0.4, -0.2) is 19.3 Å². The molecular weight excluding hydrogens is 284 g/mol. The zero-order valence-corrected chi connectivity index (χ0v) is 17.4. The standard InChI is InChI=1S/C20H40OSi/c1-9-10-11-12-13-20(21)19(8)14-15-22(16(2)3,17(4)5)18(6)7/h16-21H,9-13H2,1-8H3/t19-,20+/m1/s1. The van der Waals surface area contributed by atoms with Crippen molar-refractivity contribution in [3.63, 3.8) is 0 Å². The number of unbranched alkanes of at least 4 members (excludes halogenated alkanes) is 3. The van der Waals surface area contributed by atoms with Gasteiger partial charge in [-0.15, -0.1) is 11.5 Å². The number of hydrogen-bond acceptors (Lipinski definition) is 1. The van der Waals surface area contributed by atoms with E-state index in [-0.39, 0.29) is 12.0 Å². The summed E-state index contributed by atoms with van der Waals surface area (Å²) in [6.07, 6.45) is 5.52. The average Bonchev–Trinajstić information content (AvgIpc) is 2.42. The van der Waals surface area contributed by atoms with Crippen LogP contribution in [0, 0.1) is 17.4 Å². The molecule has 130 valence electrons. The molecule has 0 amide bonds. The summed E-state index contributed by atoms with van der Waals surface area (Å²) in [5, 5.41) is 10.3. The number of rotatable bonds is 9. The van der Waals surface area contributed by atoms with Gasteiger partial charge in [0.25, 0.3) is 0 Å². The Kier molecular flexibility index (Phi) is 10.4. The maximum Gasteiger partial charge on any atom is 0.145 e. The molecule has 0 spiro atoms. The van der Waals surface area contributed by atoms with E-state index in [1.807, 2.05) is 0 Å². The quantitative estimate of drug-likeness (QED) is 0.305. The first-order chi connectivity index (χ1) is 10.2. The first kappa shape index (κ1) is 21.7. The van der Waals surface area contributed by atoms with Gasteiger partial charge in [-0.2, -0.15) is 0 Å². The van der Waals surface area contributed by atoms with Gasteiger partial charge in [-0.3, -0.25) is 0 Å². The van der Waals surface area contributed by atoms with Crippen LogP contribution in [0.25, 0.3) is 0 Å². The van der Waals surface area contributed by atoms with Crippen molar-refractivity contribution in [2.45, 2.75) is 110 Å². The number of aliphatic hydroxyl groups excluding tert-OH is 1. The van der Waals surface area contributed by atoms with Crippen LogP contribution in [0.1, 0.15) is 87.5 Å². The van der Waals surface area contributed by atoms with Gasteiger partial charge in [0.1, 0.15) is 8.07 Å². The summed E-state index contributed by atoms with van der Waals surface area (Å²) < 4.78 is 0. The van der Waals surface area contributed by atoms with E-state index in [0.29, 0.717) is 16.6 Å². The van der Waals surface area contributed by atoms with Crippen molar-refractivity contribution in [1.29, 1.82) is 0 Å². The Bertz CT molecular complexity index is 327. The highest BCUT2D eigenvalue weighted by Crippen LogP contribution is 2.40. The Morgan fingerprint density at radius 3 is 1.73 bits per heavy atom. The molecular formula is C20H40OSi. The summed E-state index contributed by atoms with van der Waals surface area (Å²) in [6.45, 7) is 18.4. The van der Waals surface area contributed by atoms with Gasteiger partial charge >= 0.3 is 0 Å². The van der Waals surface area contributed by atoms with Gasteiger partial charge in [0, 0.05) is 5.92 Å². The lowest BCUT2D eigenvalue weighted by Crippen LogP contribution is -2.43. The summed E-state index contributed by atoms with van der Waals surface area (Å²) >= 11 is 0. The molecule has 22 heavy (non-hydrogen) atoms. The highest BCUT2D eigenvalue weighted by molar-refractivity contribution is 6.90. The van der Waals surface area contributed by atoms with Gasteiger partial charge in [0.2, 0.25) is 0 Å². The Labute approximate surface area is 141 Å². The zero-order valence-electron chi connectivity index (χ0n) is 16.4. The SMILES string of the molecule is CCCCCC[C@H](O)[C@H](C)C#C[Si](C(C)C)(C(C)C)C(C)C. The van der Waals surface area contributed by atoms with Gasteiger partial charge in [0.05, 0.1) is 6.10 Å². The lowest BCUT2D eigenvalue weighted by Gasteiger charge is -2.38. The third-order valence-corrected chi connectivity index (χ3v) is 11.6. The molecule has 1 N–H and O–H groups in total. The molecule has 0 saturated carbocycles. The van der Waals surface area contributed by atoms with Crippen LogP contribution >= 0.6 is 0 Å². The van der Waals surface area contributed by atoms with Crippen molar-refractivity contribution in [3.8, 4) is 11.5 Å². The molecule has 2 atom stereocenters. The molecule has 1 nitrogen and oxygen atoms in total. The normalized spacial score (nSPS) is 15.1. The summed E-state index contributed by atoms with van der Waals surface area (Å²) in [5.41, 5.74) is 5.73. The van der Waals surface area contributed by atoms with Gasteiger partial charge < -0.3 is 5.11 Å². The topological polar surface area (TPSA) is 20.2 Å².